The normalized spacial score (nSPS) is 17.8. The van der Waals surface area contributed by atoms with Gasteiger partial charge in [-0.3, -0.25) is 0 Å². The van der Waals surface area contributed by atoms with Crippen LogP contribution in [0.2, 0.25) is 0 Å². The monoisotopic (exact) mass is 318 g/mol. The highest BCUT2D eigenvalue weighted by atomic mass is 35.5. The second kappa shape index (κ2) is 6.50. The highest BCUT2D eigenvalue weighted by Crippen LogP contribution is 2.28. The van der Waals surface area contributed by atoms with E-state index in [4.69, 9.17) is 11.6 Å². The molecule has 0 atom stereocenters. The maximum atomic E-state index is 12.8. The van der Waals surface area contributed by atoms with Crippen molar-refractivity contribution in [1.29, 1.82) is 0 Å². The van der Waals surface area contributed by atoms with Gasteiger partial charge in [0.2, 0.25) is 10.0 Å². The molecule has 0 aliphatic heterocycles. The van der Waals surface area contributed by atoms with E-state index in [9.17, 15) is 8.42 Å². The Morgan fingerprint density at radius 3 is 2.50 bits per heavy atom. The molecule has 1 aliphatic carbocycles. The van der Waals surface area contributed by atoms with Gasteiger partial charge in [-0.25, -0.2) is 8.42 Å². The fraction of sp³-hybridized carbons (Fsp3) is 0.714. The third kappa shape index (κ3) is 3.05. The van der Waals surface area contributed by atoms with E-state index in [1.165, 1.54) is 6.42 Å². The minimum Gasteiger partial charge on any atom is -0.352 e. The molecular weight excluding hydrogens is 296 g/mol. The summed E-state index contributed by atoms with van der Waals surface area (Å²) in [5.74, 6) is 0.321. The van der Waals surface area contributed by atoms with Crippen LogP contribution in [0.3, 0.4) is 0 Å². The lowest BCUT2D eigenvalue weighted by atomic mass is 9.95. The molecule has 0 saturated heterocycles. The molecule has 1 aromatic heterocycles. The summed E-state index contributed by atoms with van der Waals surface area (Å²) in [6.45, 7) is 2.44. The molecule has 1 aromatic rings. The number of hydrogen-bond acceptors (Lipinski definition) is 2. The largest absolute Gasteiger partial charge is 0.352 e. The van der Waals surface area contributed by atoms with Crippen molar-refractivity contribution >= 4 is 21.6 Å². The molecular formula is C14H23ClN2O2S. The number of halogens is 1. The number of hydrogen-bond donors (Lipinski definition) is 0. The van der Waals surface area contributed by atoms with Gasteiger partial charge in [0, 0.05) is 31.5 Å². The first-order chi connectivity index (χ1) is 9.50. The molecule has 0 N–H and O–H groups in total. The molecule has 2 rings (SSSR count). The Morgan fingerprint density at radius 2 is 2.00 bits per heavy atom. The topological polar surface area (TPSA) is 42.3 Å². The number of aromatic nitrogens is 1. The first-order valence-corrected chi connectivity index (χ1v) is 9.21. The standard InChI is InChI=1S/C14H23ClN2O2S/c1-3-17(12-7-5-4-6-8-12)20(18,19)14-9-13(10-15)16(2)11-14/h9,11-12H,3-8,10H2,1-2H3. The van der Waals surface area contributed by atoms with Crippen molar-refractivity contribution in [1.82, 2.24) is 8.87 Å². The molecule has 20 heavy (non-hydrogen) atoms. The van der Waals surface area contributed by atoms with Gasteiger partial charge < -0.3 is 4.57 Å². The SMILES string of the molecule is CCN(C1CCCCC1)S(=O)(=O)c1cc(CCl)n(C)c1. The summed E-state index contributed by atoms with van der Waals surface area (Å²) >= 11 is 5.83. The fourth-order valence-electron chi connectivity index (χ4n) is 2.98. The molecule has 0 amide bonds. The molecule has 0 unspecified atom stereocenters. The Bertz CT molecular complexity index is 548. The van der Waals surface area contributed by atoms with Crippen molar-refractivity contribution in [3.05, 3.63) is 18.0 Å². The van der Waals surface area contributed by atoms with E-state index < -0.39 is 10.0 Å². The van der Waals surface area contributed by atoms with E-state index >= 15 is 0 Å². The number of sulfonamides is 1. The molecule has 0 bridgehead atoms. The Labute approximate surface area is 126 Å². The van der Waals surface area contributed by atoms with Gasteiger partial charge in [0.15, 0.2) is 0 Å². The zero-order valence-electron chi connectivity index (χ0n) is 12.2. The summed E-state index contributed by atoms with van der Waals surface area (Å²) in [7, 11) is -1.58. The van der Waals surface area contributed by atoms with Gasteiger partial charge in [0.25, 0.3) is 0 Å². The van der Waals surface area contributed by atoms with Crippen molar-refractivity contribution in [2.75, 3.05) is 6.54 Å². The molecule has 1 saturated carbocycles. The summed E-state index contributed by atoms with van der Waals surface area (Å²) < 4.78 is 29.1. The third-order valence-electron chi connectivity index (χ3n) is 4.12. The molecule has 0 radical (unpaired) electrons. The van der Waals surface area contributed by atoms with Crippen LogP contribution >= 0.6 is 11.6 Å². The van der Waals surface area contributed by atoms with E-state index in [1.807, 2.05) is 14.0 Å². The van der Waals surface area contributed by atoms with Crippen LogP contribution in [0, 0.1) is 0 Å². The molecule has 0 aromatic carbocycles. The van der Waals surface area contributed by atoms with Gasteiger partial charge in [-0.2, -0.15) is 4.31 Å². The summed E-state index contributed by atoms with van der Waals surface area (Å²) in [4.78, 5) is 0.364. The molecule has 1 fully saturated rings. The van der Waals surface area contributed by atoms with E-state index in [0.717, 1.165) is 31.4 Å². The van der Waals surface area contributed by atoms with Crippen LogP contribution < -0.4 is 0 Å². The highest BCUT2D eigenvalue weighted by Gasteiger charge is 2.31. The van der Waals surface area contributed by atoms with Gasteiger partial charge >= 0.3 is 0 Å². The molecule has 4 nitrogen and oxygen atoms in total. The Balaban J connectivity index is 2.30. The first-order valence-electron chi connectivity index (χ1n) is 7.23. The van der Waals surface area contributed by atoms with Crippen molar-refractivity contribution in [3.8, 4) is 0 Å². The highest BCUT2D eigenvalue weighted by molar-refractivity contribution is 7.89. The lowest BCUT2D eigenvalue weighted by molar-refractivity contribution is 0.261. The van der Waals surface area contributed by atoms with E-state index in [0.29, 0.717) is 17.3 Å². The molecule has 0 spiro atoms. The van der Waals surface area contributed by atoms with Gasteiger partial charge in [-0.15, -0.1) is 11.6 Å². The zero-order chi connectivity index (χ0) is 14.8. The second-order valence-corrected chi connectivity index (χ2v) is 7.57. The Morgan fingerprint density at radius 1 is 1.35 bits per heavy atom. The second-order valence-electron chi connectivity index (χ2n) is 5.41. The van der Waals surface area contributed by atoms with Crippen molar-refractivity contribution in [2.45, 2.75) is 55.8 Å². The van der Waals surface area contributed by atoms with Crippen LogP contribution in [0.15, 0.2) is 17.2 Å². The van der Waals surface area contributed by atoms with Crippen molar-refractivity contribution < 1.29 is 8.42 Å². The number of aryl methyl sites for hydroxylation is 1. The van der Waals surface area contributed by atoms with Gasteiger partial charge in [0.1, 0.15) is 4.90 Å². The lowest BCUT2D eigenvalue weighted by Crippen LogP contribution is -2.41. The Hall–Kier alpha value is -0.520. The van der Waals surface area contributed by atoms with Crippen LogP contribution in [0.4, 0.5) is 0 Å². The summed E-state index contributed by atoms with van der Waals surface area (Å²) in [5, 5.41) is 0. The number of rotatable bonds is 5. The minimum atomic E-state index is -3.41. The molecule has 1 aliphatic rings. The van der Waals surface area contributed by atoms with E-state index in [-0.39, 0.29) is 6.04 Å². The summed E-state index contributed by atoms with van der Waals surface area (Å²) in [6.07, 6.45) is 7.08. The van der Waals surface area contributed by atoms with Crippen LogP contribution in [0.5, 0.6) is 0 Å². The maximum Gasteiger partial charge on any atom is 0.244 e. The predicted molar refractivity (Wildman–Crippen MR) is 81.4 cm³/mol. The number of alkyl halides is 1. The van der Waals surface area contributed by atoms with Crippen LogP contribution in [-0.2, 0) is 23.0 Å². The van der Waals surface area contributed by atoms with E-state index in [2.05, 4.69) is 0 Å². The summed E-state index contributed by atoms with van der Waals surface area (Å²) in [5.41, 5.74) is 0.824. The fourth-order valence-corrected chi connectivity index (χ4v) is 5.04. The first kappa shape index (κ1) is 15.9. The van der Waals surface area contributed by atoms with Gasteiger partial charge in [0.05, 0.1) is 5.88 Å². The third-order valence-corrected chi connectivity index (χ3v) is 6.39. The smallest absolute Gasteiger partial charge is 0.244 e. The number of nitrogens with zero attached hydrogens (tertiary/aromatic N) is 2. The van der Waals surface area contributed by atoms with Crippen LogP contribution in [-0.4, -0.2) is 29.9 Å². The van der Waals surface area contributed by atoms with Crippen LogP contribution in [0.1, 0.15) is 44.7 Å². The minimum absolute atomic E-state index is 0.151. The molecule has 1 heterocycles. The van der Waals surface area contributed by atoms with E-state index in [1.54, 1.807) is 21.1 Å². The van der Waals surface area contributed by atoms with Gasteiger partial charge in [-0.1, -0.05) is 26.2 Å². The molecule has 6 heteroatoms. The van der Waals surface area contributed by atoms with Crippen LogP contribution in [0.25, 0.3) is 0 Å². The Kier molecular flexibility index (Phi) is 5.15. The average molecular weight is 319 g/mol. The molecule has 114 valence electrons. The van der Waals surface area contributed by atoms with Crippen molar-refractivity contribution in [3.63, 3.8) is 0 Å². The predicted octanol–water partition coefficient (Wildman–Crippen LogP) is 3.11. The lowest BCUT2D eigenvalue weighted by Gasteiger charge is -2.32. The van der Waals surface area contributed by atoms with Crippen molar-refractivity contribution in [2.24, 2.45) is 7.05 Å². The average Bonchev–Trinajstić information content (AvgIpc) is 2.82. The van der Waals surface area contributed by atoms with Gasteiger partial charge in [-0.05, 0) is 18.9 Å². The zero-order valence-corrected chi connectivity index (χ0v) is 13.8. The quantitative estimate of drug-likeness (QED) is 0.783. The summed E-state index contributed by atoms with van der Waals surface area (Å²) in [6, 6.07) is 1.84. The maximum absolute atomic E-state index is 12.8.